The predicted molar refractivity (Wildman–Crippen MR) is 104 cm³/mol. The Morgan fingerprint density at radius 1 is 1.43 bits per heavy atom. The monoisotopic (exact) mass is 435 g/mol. The number of aliphatic imine (C=N–C) groups is 1. The summed E-state index contributed by atoms with van der Waals surface area (Å²) in [6.45, 7) is 11.9. The number of guanidine groups is 1. The van der Waals surface area contributed by atoms with Crippen LogP contribution >= 0.6 is 24.0 Å². The zero-order valence-electron chi connectivity index (χ0n) is 14.6. The normalized spacial score (nSPS) is 18.1. The molecule has 23 heavy (non-hydrogen) atoms. The van der Waals surface area contributed by atoms with E-state index in [-0.39, 0.29) is 29.5 Å². The highest BCUT2D eigenvalue weighted by atomic mass is 127. The fourth-order valence-electron chi connectivity index (χ4n) is 2.47. The van der Waals surface area contributed by atoms with Crippen molar-refractivity contribution in [3.63, 3.8) is 0 Å². The minimum Gasteiger partial charge on any atom is -0.357 e. The lowest BCUT2D eigenvalue weighted by molar-refractivity contribution is 0.392. The average Bonchev–Trinajstić information content (AvgIpc) is 2.90. The maximum Gasteiger partial charge on any atom is 0.191 e. The van der Waals surface area contributed by atoms with Gasteiger partial charge in [0.25, 0.3) is 0 Å². The number of halogens is 1. The van der Waals surface area contributed by atoms with Gasteiger partial charge in [0.1, 0.15) is 12.2 Å². The van der Waals surface area contributed by atoms with Crippen LogP contribution in [0.5, 0.6) is 0 Å². The van der Waals surface area contributed by atoms with Gasteiger partial charge in [0, 0.05) is 31.1 Å². The summed E-state index contributed by atoms with van der Waals surface area (Å²) < 4.78 is 1.98. The number of aromatic nitrogens is 3. The smallest absolute Gasteiger partial charge is 0.191 e. The molecule has 0 bridgehead atoms. The van der Waals surface area contributed by atoms with Gasteiger partial charge in [-0.05, 0) is 34.1 Å². The van der Waals surface area contributed by atoms with E-state index in [2.05, 4.69) is 58.7 Å². The highest BCUT2D eigenvalue weighted by Gasteiger charge is 2.20. The van der Waals surface area contributed by atoms with Gasteiger partial charge < -0.3 is 16.0 Å². The van der Waals surface area contributed by atoms with Gasteiger partial charge in [-0.3, -0.25) is 4.99 Å². The molecule has 3 N–H and O–H groups in total. The van der Waals surface area contributed by atoms with E-state index < -0.39 is 0 Å². The van der Waals surface area contributed by atoms with E-state index in [9.17, 15) is 0 Å². The molecule has 2 rings (SSSR count). The quantitative estimate of drug-likeness (QED) is 0.280. The Labute approximate surface area is 156 Å². The van der Waals surface area contributed by atoms with Gasteiger partial charge in [0.05, 0.1) is 13.1 Å². The third kappa shape index (κ3) is 7.03. The van der Waals surface area contributed by atoms with Crippen molar-refractivity contribution in [1.82, 2.24) is 30.7 Å². The lowest BCUT2D eigenvalue weighted by atomic mass is 10.1. The lowest BCUT2D eigenvalue weighted by Gasteiger charge is -2.25. The number of rotatable bonds is 5. The van der Waals surface area contributed by atoms with Gasteiger partial charge in [0.15, 0.2) is 5.96 Å². The molecule has 0 aliphatic carbocycles. The Morgan fingerprint density at radius 2 is 2.22 bits per heavy atom. The third-order valence-electron chi connectivity index (χ3n) is 3.53. The standard InChI is InChI=1S/C15H29N7.HI/c1-5-16-14(17-8-9-19-15(2,3)4)21-12-6-7-13-18-11-20-22(13)10-12;/h11-12,19H,5-10H2,1-4H3,(H2,16,17,21);1H. The van der Waals surface area contributed by atoms with Crippen LogP contribution in [0.3, 0.4) is 0 Å². The molecule has 0 aromatic carbocycles. The van der Waals surface area contributed by atoms with Crippen LogP contribution < -0.4 is 16.0 Å². The Morgan fingerprint density at radius 3 is 2.91 bits per heavy atom. The van der Waals surface area contributed by atoms with Crippen molar-refractivity contribution in [2.45, 2.75) is 58.7 Å². The number of nitrogens with one attached hydrogen (secondary N) is 3. The summed E-state index contributed by atoms with van der Waals surface area (Å²) in [7, 11) is 0. The van der Waals surface area contributed by atoms with Crippen molar-refractivity contribution in [2.24, 2.45) is 4.99 Å². The van der Waals surface area contributed by atoms with Gasteiger partial charge in [-0.25, -0.2) is 9.67 Å². The van der Waals surface area contributed by atoms with Crippen LogP contribution in [0.1, 0.15) is 39.9 Å². The molecule has 0 fully saturated rings. The first-order valence-electron chi connectivity index (χ1n) is 8.14. The van der Waals surface area contributed by atoms with Crippen molar-refractivity contribution < 1.29 is 0 Å². The molecule has 1 aliphatic heterocycles. The van der Waals surface area contributed by atoms with E-state index in [1.165, 1.54) is 0 Å². The van der Waals surface area contributed by atoms with Gasteiger partial charge in [-0.15, -0.1) is 24.0 Å². The first kappa shape index (κ1) is 20.1. The Hall–Kier alpha value is -0.900. The minimum atomic E-state index is 0. The Bertz CT molecular complexity index is 492. The highest BCUT2D eigenvalue weighted by Crippen LogP contribution is 2.11. The van der Waals surface area contributed by atoms with Gasteiger partial charge in [0.2, 0.25) is 0 Å². The molecule has 2 heterocycles. The molecular formula is C15H30IN7. The van der Waals surface area contributed by atoms with E-state index in [0.717, 1.165) is 50.8 Å². The molecular weight excluding hydrogens is 405 g/mol. The molecule has 1 aliphatic rings. The van der Waals surface area contributed by atoms with Crippen molar-refractivity contribution >= 4 is 29.9 Å². The molecule has 1 atom stereocenters. The van der Waals surface area contributed by atoms with E-state index in [1.807, 2.05) is 4.68 Å². The first-order valence-corrected chi connectivity index (χ1v) is 8.14. The van der Waals surface area contributed by atoms with E-state index in [4.69, 9.17) is 0 Å². The van der Waals surface area contributed by atoms with E-state index >= 15 is 0 Å². The van der Waals surface area contributed by atoms with Crippen LogP contribution in [-0.2, 0) is 13.0 Å². The maximum atomic E-state index is 4.64. The molecule has 0 amide bonds. The molecule has 8 heteroatoms. The minimum absolute atomic E-state index is 0. The lowest BCUT2D eigenvalue weighted by Crippen LogP contribution is -2.47. The fourth-order valence-corrected chi connectivity index (χ4v) is 2.47. The number of hydrogen-bond donors (Lipinski definition) is 3. The van der Waals surface area contributed by atoms with Crippen molar-refractivity contribution in [3.8, 4) is 0 Å². The molecule has 1 unspecified atom stereocenters. The zero-order chi connectivity index (χ0) is 16.0. The predicted octanol–water partition coefficient (Wildman–Crippen LogP) is 1.15. The second-order valence-electron chi connectivity index (χ2n) is 6.68. The Balaban J connectivity index is 0.00000264. The molecule has 1 aromatic heterocycles. The Kier molecular flexibility index (Phi) is 8.24. The molecule has 1 aromatic rings. The largest absolute Gasteiger partial charge is 0.357 e. The van der Waals surface area contributed by atoms with Crippen LogP contribution in [0.2, 0.25) is 0 Å². The van der Waals surface area contributed by atoms with Crippen LogP contribution in [-0.4, -0.2) is 51.9 Å². The summed E-state index contributed by atoms with van der Waals surface area (Å²) in [6.07, 6.45) is 3.65. The SMILES string of the molecule is CCNC(=NCCNC(C)(C)C)NC1CCc2ncnn2C1.I. The van der Waals surface area contributed by atoms with Crippen molar-refractivity contribution in [3.05, 3.63) is 12.2 Å². The topological polar surface area (TPSA) is 79.2 Å². The van der Waals surface area contributed by atoms with Gasteiger partial charge >= 0.3 is 0 Å². The van der Waals surface area contributed by atoms with Gasteiger partial charge in [-0.2, -0.15) is 5.10 Å². The second kappa shape index (κ2) is 9.41. The fraction of sp³-hybridized carbons (Fsp3) is 0.800. The van der Waals surface area contributed by atoms with Crippen molar-refractivity contribution in [2.75, 3.05) is 19.6 Å². The highest BCUT2D eigenvalue weighted by molar-refractivity contribution is 14.0. The summed E-state index contributed by atoms with van der Waals surface area (Å²) >= 11 is 0. The second-order valence-corrected chi connectivity index (χ2v) is 6.68. The summed E-state index contributed by atoms with van der Waals surface area (Å²) in [5.41, 5.74) is 0.133. The summed E-state index contributed by atoms with van der Waals surface area (Å²) in [5, 5.41) is 14.5. The molecule has 132 valence electrons. The number of nitrogens with zero attached hydrogens (tertiary/aromatic N) is 4. The molecule has 0 radical (unpaired) electrons. The first-order chi connectivity index (χ1) is 10.5. The number of fused-ring (bicyclic) bond motifs is 1. The van der Waals surface area contributed by atoms with Crippen LogP contribution in [0.15, 0.2) is 11.3 Å². The number of hydrogen-bond acceptors (Lipinski definition) is 4. The molecule has 0 spiro atoms. The summed E-state index contributed by atoms with van der Waals surface area (Å²) in [5.74, 6) is 1.96. The zero-order valence-corrected chi connectivity index (χ0v) is 16.9. The molecule has 0 saturated carbocycles. The molecule has 7 nitrogen and oxygen atoms in total. The van der Waals surface area contributed by atoms with Crippen LogP contribution in [0.25, 0.3) is 0 Å². The third-order valence-corrected chi connectivity index (χ3v) is 3.53. The molecule has 0 saturated heterocycles. The average molecular weight is 435 g/mol. The van der Waals surface area contributed by atoms with Crippen LogP contribution in [0.4, 0.5) is 0 Å². The summed E-state index contributed by atoms with van der Waals surface area (Å²) in [4.78, 5) is 8.90. The van der Waals surface area contributed by atoms with Crippen LogP contribution in [0, 0.1) is 0 Å². The van der Waals surface area contributed by atoms with E-state index in [0.29, 0.717) is 6.04 Å². The number of aryl methyl sites for hydroxylation is 1. The van der Waals surface area contributed by atoms with Gasteiger partial charge in [-0.1, -0.05) is 0 Å². The van der Waals surface area contributed by atoms with Crippen molar-refractivity contribution in [1.29, 1.82) is 0 Å². The maximum absolute atomic E-state index is 4.64. The van der Waals surface area contributed by atoms with E-state index in [1.54, 1.807) is 6.33 Å². The summed E-state index contributed by atoms with van der Waals surface area (Å²) in [6, 6.07) is 0.350.